The molecule has 2 heterocycles. The lowest BCUT2D eigenvalue weighted by Crippen LogP contribution is -2.49. The van der Waals surface area contributed by atoms with Gasteiger partial charge in [-0.1, -0.05) is 12.1 Å². The second-order valence-corrected chi connectivity index (χ2v) is 7.38. The zero-order valence-electron chi connectivity index (χ0n) is 15.1. The summed E-state index contributed by atoms with van der Waals surface area (Å²) < 4.78 is 25.1. The number of halogens is 1. The van der Waals surface area contributed by atoms with Crippen molar-refractivity contribution in [1.82, 2.24) is 4.90 Å². The number of aliphatic hydroxyl groups is 1. The minimum Gasteiger partial charge on any atom is -0.486 e. The van der Waals surface area contributed by atoms with Crippen LogP contribution in [0.4, 0.5) is 10.1 Å². The summed E-state index contributed by atoms with van der Waals surface area (Å²) in [6.45, 7) is 4.53. The number of anilines is 1. The molecule has 0 aromatic heterocycles. The number of rotatable bonds is 2. The SMILES string of the molecule is O[C@@H]1Cc2cc(F)ccc2[C@H]1N1CCN(c2cccc3c2OCCO3)CC1. The van der Waals surface area contributed by atoms with Crippen LogP contribution in [0.15, 0.2) is 36.4 Å². The molecule has 2 aliphatic heterocycles. The summed E-state index contributed by atoms with van der Waals surface area (Å²) >= 11 is 0. The van der Waals surface area contributed by atoms with Crippen LogP contribution < -0.4 is 14.4 Å². The number of hydrogen-bond donors (Lipinski definition) is 1. The summed E-state index contributed by atoms with van der Waals surface area (Å²) in [7, 11) is 0. The Morgan fingerprint density at radius 3 is 2.67 bits per heavy atom. The van der Waals surface area contributed by atoms with E-state index >= 15 is 0 Å². The maximum absolute atomic E-state index is 13.5. The number of para-hydroxylation sites is 1. The van der Waals surface area contributed by atoms with E-state index in [1.54, 1.807) is 6.07 Å². The molecule has 0 spiro atoms. The molecule has 5 nitrogen and oxygen atoms in total. The van der Waals surface area contributed by atoms with Gasteiger partial charge in [-0.25, -0.2) is 4.39 Å². The molecule has 1 aliphatic carbocycles. The predicted octanol–water partition coefficient (Wildman–Crippen LogP) is 2.38. The molecule has 1 fully saturated rings. The van der Waals surface area contributed by atoms with Crippen molar-refractivity contribution in [3.05, 3.63) is 53.3 Å². The first-order valence-electron chi connectivity index (χ1n) is 9.55. The summed E-state index contributed by atoms with van der Waals surface area (Å²) in [4.78, 5) is 4.63. The van der Waals surface area contributed by atoms with E-state index in [0.29, 0.717) is 19.6 Å². The van der Waals surface area contributed by atoms with Gasteiger partial charge < -0.3 is 19.5 Å². The Bertz CT molecular complexity index is 851. The number of aliphatic hydroxyl groups excluding tert-OH is 1. The van der Waals surface area contributed by atoms with Crippen LogP contribution in [-0.4, -0.2) is 55.5 Å². The van der Waals surface area contributed by atoms with Gasteiger partial charge >= 0.3 is 0 Å². The fourth-order valence-corrected chi connectivity index (χ4v) is 4.57. The highest BCUT2D eigenvalue weighted by molar-refractivity contribution is 5.65. The van der Waals surface area contributed by atoms with Gasteiger partial charge in [-0.2, -0.15) is 0 Å². The van der Waals surface area contributed by atoms with E-state index in [-0.39, 0.29) is 11.9 Å². The van der Waals surface area contributed by atoms with E-state index in [4.69, 9.17) is 9.47 Å². The van der Waals surface area contributed by atoms with Gasteiger partial charge in [0.15, 0.2) is 11.5 Å². The van der Waals surface area contributed by atoms with Crippen molar-refractivity contribution in [2.75, 3.05) is 44.3 Å². The van der Waals surface area contributed by atoms with Crippen LogP contribution in [0.5, 0.6) is 11.5 Å². The molecule has 5 rings (SSSR count). The van der Waals surface area contributed by atoms with E-state index in [2.05, 4.69) is 15.9 Å². The largest absolute Gasteiger partial charge is 0.486 e. The molecule has 2 aromatic carbocycles. The van der Waals surface area contributed by atoms with Crippen LogP contribution in [0.25, 0.3) is 0 Å². The first-order chi connectivity index (χ1) is 13.2. The van der Waals surface area contributed by atoms with Crippen LogP contribution in [0.3, 0.4) is 0 Å². The molecular formula is C21H23FN2O3. The molecule has 27 heavy (non-hydrogen) atoms. The maximum atomic E-state index is 13.5. The van der Waals surface area contributed by atoms with E-state index in [0.717, 1.165) is 54.5 Å². The van der Waals surface area contributed by atoms with Crippen LogP contribution in [0, 0.1) is 5.82 Å². The fourth-order valence-electron chi connectivity index (χ4n) is 4.57. The molecule has 2 atom stereocenters. The molecule has 0 unspecified atom stereocenters. The standard InChI is InChI=1S/C21H23FN2O3/c22-15-4-5-16-14(12-15)13-18(25)20(16)24-8-6-23(7-9-24)17-2-1-3-19-21(17)27-11-10-26-19/h1-5,12,18,20,25H,6-11,13H2/t18-,20-/m1/s1. The number of benzene rings is 2. The van der Waals surface area contributed by atoms with Crippen molar-refractivity contribution in [2.45, 2.75) is 18.6 Å². The molecule has 142 valence electrons. The molecule has 6 heteroatoms. The minimum absolute atomic E-state index is 0.0491. The quantitative estimate of drug-likeness (QED) is 0.880. The highest BCUT2D eigenvalue weighted by Gasteiger charge is 2.37. The van der Waals surface area contributed by atoms with Gasteiger partial charge in [0.1, 0.15) is 19.0 Å². The van der Waals surface area contributed by atoms with Crippen molar-refractivity contribution < 1.29 is 19.0 Å². The molecule has 0 radical (unpaired) electrons. The fraction of sp³-hybridized carbons (Fsp3) is 0.429. The van der Waals surface area contributed by atoms with Crippen LogP contribution >= 0.6 is 0 Å². The molecule has 0 amide bonds. The highest BCUT2D eigenvalue weighted by atomic mass is 19.1. The highest BCUT2D eigenvalue weighted by Crippen LogP contribution is 2.41. The van der Waals surface area contributed by atoms with E-state index in [9.17, 15) is 9.50 Å². The average molecular weight is 370 g/mol. The molecule has 2 aromatic rings. The Morgan fingerprint density at radius 1 is 1.00 bits per heavy atom. The predicted molar refractivity (Wildman–Crippen MR) is 100 cm³/mol. The van der Waals surface area contributed by atoms with Crippen molar-refractivity contribution in [1.29, 1.82) is 0 Å². The third-order valence-electron chi connectivity index (χ3n) is 5.81. The number of ether oxygens (including phenoxy) is 2. The first kappa shape index (κ1) is 16.8. The third-order valence-corrected chi connectivity index (χ3v) is 5.81. The Labute approximate surface area is 157 Å². The normalized spacial score (nSPS) is 24.7. The molecule has 1 saturated heterocycles. The van der Waals surface area contributed by atoms with Crippen molar-refractivity contribution >= 4 is 5.69 Å². The molecule has 1 N–H and O–H groups in total. The number of piperazine rings is 1. The Hall–Kier alpha value is -2.31. The molecule has 0 saturated carbocycles. The lowest BCUT2D eigenvalue weighted by molar-refractivity contribution is 0.0573. The molecule has 0 bridgehead atoms. The van der Waals surface area contributed by atoms with Crippen molar-refractivity contribution in [2.24, 2.45) is 0 Å². The lowest BCUT2D eigenvalue weighted by Gasteiger charge is -2.41. The van der Waals surface area contributed by atoms with E-state index < -0.39 is 6.10 Å². The minimum atomic E-state index is -0.477. The van der Waals surface area contributed by atoms with Crippen LogP contribution in [0.2, 0.25) is 0 Å². The molecular weight excluding hydrogens is 347 g/mol. The zero-order chi connectivity index (χ0) is 18.4. The lowest BCUT2D eigenvalue weighted by atomic mass is 10.0. The monoisotopic (exact) mass is 370 g/mol. The van der Waals surface area contributed by atoms with Gasteiger partial charge in [-0.3, -0.25) is 4.90 Å². The summed E-state index contributed by atoms with van der Waals surface area (Å²) in [6.07, 6.45) is 0.0459. The van der Waals surface area contributed by atoms with Gasteiger partial charge in [0, 0.05) is 32.6 Å². The second-order valence-electron chi connectivity index (χ2n) is 7.38. The van der Waals surface area contributed by atoms with E-state index in [1.165, 1.54) is 6.07 Å². The first-order valence-corrected chi connectivity index (χ1v) is 9.55. The Morgan fingerprint density at radius 2 is 1.81 bits per heavy atom. The van der Waals surface area contributed by atoms with Crippen LogP contribution in [0.1, 0.15) is 17.2 Å². The van der Waals surface area contributed by atoms with Gasteiger partial charge in [0.2, 0.25) is 0 Å². The number of hydrogen-bond acceptors (Lipinski definition) is 5. The van der Waals surface area contributed by atoms with E-state index in [1.807, 2.05) is 18.2 Å². The summed E-state index contributed by atoms with van der Waals surface area (Å²) in [5.74, 6) is 1.41. The summed E-state index contributed by atoms with van der Waals surface area (Å²) in [6, 6.07) is 10.9. The molecule has 3 aliphatic rings. The maximum Gasteiger partial charge on any atom is 0.184 e. The van der Waals surface area contributed by atoms with Crippen molar-refractivity contribution in [3.63, 3.8) is 0 Å². The Kier molecular flexibility index (Phi) is 4.17. The smallest absolute Gasteiger partial charge is 0.184 e. The van der Waals surface area contributed by atoms with Gasteiger partial charge in [0.25, 0.3) is 0 Å². The topological polar surface area (TPSA) is 45.2 Å². The summed E-state index contributed by atoms with van der Waals surface area (Å²) in [5.41, 5.74) is 3.06. The summed E-state index contributed by atoms with van der Waals surface area (Å²) in [5, 5.41) is 10.6. The Balaban J connectivity index is 1.33. The second kappa shape index (κ2) is 6.69. The third kappa shape index (κ3) is 2.93. The zero-order valence-corrected chi connectivity index (χ0v) is 15.1. The van der Waals surface area contributed by atoms with Gasteiger partial charge in [0.05, 0.1) is 17.8 Å². The van der Waals surface area contributed by atoms with Gasteiger partial charge in [-0.15, -0.1) is 0 Å². The average Bonchev–Trinajstić information content (AvgIpc) is 3.02. The number of nitrogens with zero attached hydrogens (tertiary/aromatic N) is 2. The van der Waals surface area contributed by atoms with Crippen LogP contribution in [-0.2, 0) is 6.42 Å². The number of fused-ring (bicyclic) bond motifs is 2. The van der Waals surface area contributed by atoms with Crippen molar-refractivity contribution in [3.8, 4) is 11.5 Å². The van der Waals surface area contributed by atoms with Gasteiger partial charge in [-0.05, 0) is 35.4 Å².